The smallest absolute Gasteiger partial charge is 0.241 e. The molecule has 0 aliphatic rings. The number of benzene rings is 2. The van der Waals surface area contributed by atoms with Crippen LogP contribution >= 0.6 is 0 Å². The molecule has 0 amide bonds. The van der Waals surface area contributed by atoms with E-state index >= 15 is 0 Å². The lowest BCUT2D eigenvalue weighted by Crippen LogP contribution is -2.30. The third-order valence-electron chi connectivity index (χ3n) is 5.61. The van der Waals surface area contributed by atoms with E-state index in [2.05, 4.69) is 31.2 Å². The monoisotopic (exact) mass is 479 g/mol. The van der Waals surface area contributed by atoms with E-state index in [1.807, 2.05) is 48.8 Å². The summed E-state index contributed by atoms with van der Waals surface area (Å²) in [5.41, 5.74) is 4.22. The van der Waals surface area contributed by atoms with Crippen molar-refractivity contribution in [2.24, 2.45) is 7.05 Å². The Kier molecular flexibility index (Phi) is 6.28. The number of rotatable bonds is 7. The molecule has 0 saturated carbocycles. The molecule has 178 valence electrons. The molecule has 0 fully saturated rings. The van der Waals surface area contributed by atoms with E-state index in [1.54, 1.807) is 45.2 Å². The molecule has 4 rings (SSSR count). The average molecular weight is 480 g/mol. The topological polar surface area (TPSA) is 105 Å². The standard InChI is InChI=1S/C24H29N7O2S/c1-15(2)29-34(32,33)22-13-18(8-7-16(22)3)26-24-25-12-11-23(27-24)30(5)19-9-10-20-17(4)31(6)28-21(20)14-19/h7-15,29H,1-6H3,(H,25,26,27). The second-order valence-corrected chi connectivity index (χ2v) is 10.3. The number of nitrogens with one attached hydrogen (secondary N) is 2. The summed E-state index contributed by atoms with van der Waals surface area (Å²) >= 11 is 0. The van der Waals surface area contributed by atoms with Crippen LogP contribution < -0.4 is 14.9 Å². The summed E-state index contributed by atoms with van der Waals surface area (Å²) in [5, 5.41) is 8.81. The normalized spacial score (nSPS) is 11.9. The van der Waals surface area contributed by atoms with Crippen LogP contribution in [0, 0.1) is 13.8 Å². The molecule has 4 aromatic rings. The van der Waals surface area contributed by atoms with Crippen LogP contribution in [-0.4, -0.2) is 41.3 Å². The summed E-state index contributed by atoms with van der Waals surface area (Å²) in [5.74, 6) is 1.05. The van der Waals surface area contributed by atoms with Gasteiger partial charge in [0.15, 0.2) is 0 Å². The van der Waals surface area contributed by atoms with Crippen LogP contribution in [-0.2, 0) is 17.1 Å². The second kappa shape index (κ2) is 9.03. The SMILES string of the molecule is Cc1ccc(Nc2nccc(N(C)c3ccc4c(C)n(C)nc4c3)n2)cc1S(=O)(=O)NC(C)C. The molecule has 10 heteroatoms. The highest BCUT2D eigenvalue weighted by atomic mass is 32.2. The molecule has 2 N–H and O–H groups in total. The quantitative estimate of drug-likeness (QED) is 0.410. The first-order valence-corrected chi connectivity index (χ1v) is 12.4. The zero-order valence-corrected chi connectivity index (χ0v) is 21.0. The van der Waals surface area contributed by atoms with E-state index in [-0.39, 0.29) is 10.9 Å². The van der Waals surface area contributed by atoms with Crippen LogP contribution in [0.2, 0.25) is 0 Å². The Labute approximate surface area is 199 Å². The third-order valence-corrected chi connectivity index (χ3v) is 7.41. The van der Waals surface area contributed by atoms with Crippen LogP contribution in [0.3, 0.4) is 0 Å². The molecule has 0 atom stereocenters. The first-order valence-electron chi connectivity index (χ1n) is 11.0. The lowest BCUT2D eigenvalue weighted by molar-refractivity contribution is 0.569. The van der Waals surface area contributed by atoms with Crippen molar-refractivity contribution in [1.82, 2.24) is 24.5 Å². The molecule has 2 heterocycles. The highest BCUT2D eigenvalue weighted by Gasteiger charge is 2.19. The predicted molar refractivity (Wildman–Crippen MR) is 135 cm³/mol. The minimum Gasteiger partial charge on any atom is -0.329 e. The lowest BCUT2D eigenvalue weighted by Gasteiger charge is -2.19. The van der Waals surface area contributed by atoms with Gasteiger partial charge < -0.3 is 10.2 Å². The molecule has 0 spiro atoms. The predicted octanol–water partition coefficient (Wildman–Crippen LogP) is 4.18. The van der Waals surface area contributed by atoms with Gasteiger partial charge in [-0.1, -0.05) is 6.07 Å². The van der Waals surface area contributed by atoms with E-state index in [0.29, 0.717) is 23.0 Å². The molecular formula is C24H29N7O2S. The van der Waals surface area contributed by atoms with Gasteiger partial charge in [0, 0.05) is 48.8 Å². The van der Waals surface area contributed by atoms with Gasteiger partial charge in [0.1, 0.15) is 5.82 Å². The Balaban J connectivity index is 1.60. The molecule has 0 bridgehead atoms. The Morgan fingerprint density at radius 3 is 2.56 bits per heavy atom. The third kappa shape index (κ3) is 4.73. The van der Waals surface area contributed by atoms with Gasteiger partial charge in [0.2, 0.25) is 16.0 Å². The van der Waals surface area contributed by atoms with Gasteiger partial charge in [0.25, 0.3) is 0 Å². The number of aromatic nitrogens is 4. The molecule has 0 unspecified atom stereocenters. The highest BCUT2D eigenvalue weighted by molar-refractivity contribution is 7.89. The van der Waals surface area contributed by atoms with Crippen LogP contribution in [0.25, 0.3) is 10.9 Å². The lowest BCUT2D eigenvalue weighted by atomic mass is 10.2. The summed E-state index contributed by atoms with van der Waals surface area (Å²) in [4.78, 5) is 11.1. The van der Waals surface area contributed by atoms with Gasteiger partial charge in [-0.2, -0.15) is 10.1 Å². The maximum Gasteiger partial charge on any atom is 0.241 e. The van der Waals surface area contributed by atoms with Gasteiger partial charge in [-0.3, -0.25) is 4.68 Å². The first kappa shape index (κ1) is 23.7. The van der Waals surface area contributed by atoms with Crippen molar-refractivity contribution in [1.29, 1.82) is 0 Å². The van der Waals surface area contributed by atoms with Crippen LogP contribution in [0.15, 0.2) is 53.6 Å². The van der Waals surface area contributed by atoms with Gasteiger partial charge in [-0.05, 0) is 69.7 Å². The fourth-order valence-electron chi connectivity index (χ4n) is 3.73. The first-order chi connectivity index (χ1) is 16.0. The van der Waals surface area contributed by atoms with Crippen molar-refractivity contribution < 1.29 is 8.42 Å². The van der Waals surface area contributed by atoms with Crippen molar-refractivity contribution in [2.75, 3.05) is 17.3 Å². The number of anilines is 4. The summed E-state index contributed by atoms with van der Waals surface area (Å²) in [7, 11) is 0.231. The molecule has 0 aliphatic carbocycles. The maximum atomic E-state index is 12.7. The molecule has 34 heavy (non-hydrogen) atoms. The Morgan fingerprint density at radius 2 is 1.82 bits per heavy atom. The molecular weight excluding hydrogens is 450 g/mol. The van der Waals surface area contributed by atoms with E-state index in [4.69, 9.17) is 0 Å². The van der Waals surface area contributed by atoms with Crippen LogP contribution in [0.1, 0.15) is 25.1 Å². The minimum atomic E-state index is -3.63. The molecule has 2 aromatic heterocycles. The van der Waals surface area contributed by atoms with Gasteiger partial charge >= 0.3 is 0 Å². The fraction of sp³-hybridized carbons (Fsp3) is 0.292. The van der Waals surface area contributed by atoms with E-state index in [0.717, 1.165) is 22.3 Å². The van der Waals surface area contributed by atoms with Crippen molar-refractivity contribution in [2.45, 2.75) is 38.6 Å². The molecule has 0 aliphatic heterocycles. The van der Waals surface area contributed by atoms with Gasteiger partial charge in [-0.15, -0.1) is 0 Å². The van der Waals surface area contributed by atoms with Gasteiger partial charge in [-0.25, -0.2) is 18.1 Å². The Bertz CT molecular complexity index is 1460. The number of sulfonamides is 1. The number of hydrogen-bond donors (Lipinski definition) is 2. The number of hydrogen-bond acceptors (Lipinski definition) is 7. The Hall–Kier alpha value is -3.50. The highest BCUT2D eigenvalue weighted by Crippen LogP contribution is 2.28. The maximum absolute atomic E-state index is 12.7. The minimum absolute atomic E-state index is 0.203. The zero-order valence-electron chi connectivity index (χ0n) is 20.2. The molecule has 2 aromatic carbocycles. The van der Waals surface area contributed by atoms with Crippen molar-refractivity contribution in [3.8, 4) is 0 Å². The van der Waals surface area contributed by atoms with Crippen molar-refractivity contribution >= 4 is 44.1 Å². The second-order valence-electron chi connectivity index (χ2n) is 8.59. The number of aryl methyl sites for hydroxylation is 3. The zero-order chi connectivity index (χ0) is 24.6. The average Bonchev–Trinajstić information content (AvgIpc) is 3.06. The van der Waals surface area contributed by atoms with E-state index < -0.39 is 10.0 Å². The number of fused-ring (bicyclic) bond motifs is 1. The van der Waals surface area contributed by atoms with Crippen LogP contribution in [0.4, 0.5) is 23.1 Å². The largest absolute Gasteiger partial charge is 0.329 e. The summed E-state index contributed by atoms with van der Waals surface area (Å²) < 4.78 is 29.9. The van der Waals surface area contributed by atoms with E-state index in [1.165, 1.54) is 0 Å². The van der Waals surface area contributed by atoms with Crippen molar-refractivity contribution in [3.05, 3.63) is 59.9 Å². The molecule has 0 saturated heterocycles. The summed E-state index contributed by atoms with van der Waals surface area (Å²) in [6, 6.07) is 12.9. The molecule has 0 radical (unpaired) electrons. The fourth-order valence-corrected chi connectivity index (χ4v) is 5.25. The van der Waals surface area contributed by atoms with Crippen molar-refractivity contribution in [3.63, 3.8) is 0 Å². The number of nitrogens with zero attached hydrogens (tertiary/aromatic N) is 5. The van der Waals surface area contributed by atoms with Gasteiger partial charge in [0.05, 0.1) is 10.4 Å². The Morgan fingerprint density at radius 1 is 1.06 bits per heavy atom. The summed E-state index contributed by atoms with van der Waals surface area (Å²) in [6.45, 7) is 7.39. The summed E-state index contributed by atoms with van der Waals surface area (Å²) in [6.07, 6.45) is 1.66. The molecule has 9 nitrogen and oxygen atoms in total. The van der Waals surface area contributed by atoms with E-state index in [9.17, 15) is 8.42 Å². The van der Waals surface area contributed by atoms with Crippen LogP contribution in [0.5, 0.6) is 0 Å².